The molecule has 0 saturated carbocycles. The molecular formula is C30H15BF18O3. The van der Waals surface area contributed by atoms with Crippen LogP contribution in [-0.4, -0.2) is 7.32 Å². The van der Waals surface area contributed by atoms with E-state index in [0.29, 0.717) is 0 Å². The molecule has 3 aromatic rings. The van der Waals surface area contributed by atoms with E-state index in [1.165, 1.54) is 0 Å². The van der Waals surface area contributed by atoms with E-state index in [1.807, 2.05) is 0 Å². The number of hydrogen-bond acceptors (Lipinski definition) is 3. The molecule has 0 unspecified atom stereocenters. The Morgan fingerprint density at radius 1 is 0.346 bits per heavy atom. The Balaban J connectivity index is 2.40. The molecule has 0 amide bonds. The maximum Gasteiger partial charge on any atom is 0.864 e. The van der Waals surface area contributed by atoms with E-state index in [9.17, 15) is 79.0 Å². The molecule has 0 atom stereocenters. The second kappa shape index (κ2) is 13.9. The van der Waals surface area contributed by atoms with Crippen molar-refractivity contribution in [1.29, 1.82) is 0 Å². The highest BCUT2D eigenvalue weighted by Gasteiger charge is 2.46. The molecule has 3 aromatic carbocycles. The van der Waals surface area contributed by atoms with Crippen molar-refractivity contribution in [3.05, 3.63) is 106 Å². The SMILES string of the molecule is C=Cc1c(C(F)(F)F)cc(OB(Oc2cc(C(F)(F)F)c(C=C)c(C(F)(F)F)c2)Oc2cc(C(F)(F)F)c(C=C)c(C(F)(F)F)c2)cc1C(F)(F)F. The van der Waals surface area contributed by atoms with Gasteiger partial charge in [-0.1, -0.05) is 38.0 Å². The first kappa shape index (κ1) is 41.5. The molecule has 52 heavy (non-hydrogen) atoms. The van der Waals surface area contributed by atoms with E-state index in [1.54, 1.807) is 0 Å². The summed E-state index contributed by atoms with van der Waals surface area (Å²) < 4.78 is 263. The summed E-state index contributed by atoms with van der Waals surface area (Å²) in [6.07, 6.45) is -33.6. The molecule has 0 heterocycles. The Bertz CT molecular complexity index is 1530. The fourth-order valence-corrected chi connectivity index (χ4v) is 4.56. The molecule has 0 fully saturated rings. The average Bonchev–Trinajstić information content (AvgIpc) is 2.97. The van der Waals surface area contributed by atoms with Gasteiger partial charge in [-0.2, -0.15) is 79.0 Å². The monoisotopic (exact) mass is 776 g/mol. The van der Waals surface area contributed by atoms with Crippen molar-refractivity contribution in [3.63, 3.8) is 0 Å². The molecule has 22 heteroatoms. The van der Waals surface area contributed by atoms with E-state index in [4.69, 9.17) is 14.0 Å². The predicted octanol–water partition coefficient (Wildman–Crippen LogP) is 12.3. The molecule has 0 bridgehead atoms. The fraction of sp³-hybridized carbons (Fsp3) is 0.200. The van der Waals surface area contributed by atoms with E-state index >= 15 is 0 Å². The van der Waals surface area contributed by atoms with Crippen molar-refractivity contribution in [2.24, 2.45) is 0 Å². The lowest BCUT2D eigenvalue weighted by Gasteiger charge is -2.23. The second-order valence-electron chi connectivity index (χ2n) is 10.0. The van der Waals surface area contributed by atoms with Crippen molar-refractivity contribution in [3.8, 4) is 17.2 Å². The van der Waals surface area contributed by atoms with Crippen molar-refractivity contribution < 1.29 is 93.0 Å². The molecule has 3 nitrogen and oxygen atoms in total. The molecule has 0 radical (unpaired) electrons. The van der Waals surface area contributed by atoms with Gasteiger partial charge in [-0.05, 0) is 53.1 Å². The van der Waals surface area contributed by atoms with Crippen molar-refractivity contribution in [1.82, 2.24) is 0 Å². The summed E-state index contributed by atoms with van der Waals surface area (Å²) >= 11 is 0. The van der Waals surface area contributed by atoms with Crippen molar-refractivity contribution >= 4 is 25.5 Å². The zero-order chi connectivity index (χ0) is 40.0. The summed E-state index contributed by atoms with van der Waals surface area (Å²) in [6, 6.07) is -1.34. The summed E-state index contributed by atoms with van der Waals surface area (Å²) in [6.45, 7) is 8.55. The number of rotatable bonds is 9. The number of halogens is 18. The lowest BCUT2D eigenvalue weighted by molar-refractivity contribution is -0.145. The first-order valence-electron chi connectivity index (χ1n) is 13.3. The molecule has 0 saturated heterocycles. The summed E-state index contributed by atoms with van der Waals surface area (Å²) in [4.78, 5) is 0. The second-order valence-corrected chi connectivity index (χ2v) is 10.0. The third kappa shape index (κ3) is 9.30. The highest BCUT2D eigenvalue weighted by molar-refractivity contribution is 6.39. The smallest absolute Gasteiger partial charge is 0.490 e. The third-order valence-corrected chi connectivity index (χ3v) is 6.60. The van der Waals surface area contributed by atoms with Crippen LogP contribution in [0.3, 0.4) is 0 Å². The topological polar surface area (TPSA) is 27.7 Å². The van der Waals surface area contributed by atoms with Crippen LogP contribution in [0, 0.1) is 0 Å². The van der Waals surface area contributed by atoms with Gasteiger partial charge in [-0.15, -0.1) is 0 Å². The minimum atomic E-state index is -5.66. The minimum Gasteiger partial charge on any atom is -0.490 e. The molecular weight excluding hydrogens is 761 g/mol. The predicted molar refractivity (Wildman–Crippen MR) is 147 cm³/mol. The molecule has 0 aliphatic carbocycles. The van der Waals surface area contributed by atoms with Crippen LogP contribution in [0.4, 0.5) is 79.0 Å². The van der Waals surface area contributed by atoms with Gasteiger partial charge in [0.15, 0.2) is 0 Å². The number of benzene rings is 3. The number of alkyl halides is 18. The zero-order valence-corrected chi connectivity index (χ0v) is 24.9. The van der Waals surface area contributed by atoms with Gasteiger partial charge < -0.3 is 14.0 Å². The largest absolute Gasteiger partial charge is 0.864 e. The van der Waals surface area contributed by atoms with Crippen molar-refractivity contribution in [2.45, 2.75) is 37.1 Å². The first-order valence-corrected chi connectivity index (χ1v) is 13.3. The maximum absolute atomic E-state index is 13.8. The fourth-order valence-electron chi connectivity index (χ4n) is 4.56. The van der Waals surface area contributed by atoms with Crippen LogP contribution in [0.1, 0.15) is 50.1 Å². The molecule has 0 aromatic heterocycles. The molecule has 0 aliphatic rings. The lowest BCUT2D eigenvalue weighted by atomic mass is 9.98. The summed E-state index contributed by atoms with van der Waals surface area (Å²) in [7, 11) is -3.31. The van der Waals surface area contributed by atoms with Gasteiger partial charge in [-0.3, -0.25) is 0 Å². The van der Waals surface area contributed by atoms with E-state index in [0.717, 1.165) is 0 Å². The Morgan fingerprint density at radius 2 is 0.500 bits per heavy atom. The number of hydrogen-bond donors (Lipinski definition) is 0. The van der Waals surface area contributed by atoms with E-state index in [2.05, 4.69) is 19.7 Å². The Morgan fingerprint density at radius 3 is 0.615 bits per heavy atom. The van der Waals surface area contributed by atoms with Gasteiger partial charge in [0.1, 0.15) is 17.2 Å². The highest BCUT2D eigenvalue weighted by atomic mass is 19.4. The quantitative estimate of drug-likeness (QED) is 0.160. The minimum absolute atomic E-state index is 0.108. The van der Waals surface area contributed by atoms with Crippen LogP contribution < -0.4 is 14.0 Å². The normalized spacial score (nSPS) is 13.0. The third-order valence-electron chi connectivity index (χ3n) is 6.60. The van der Waals surface area contributed by atoms with Crippen LogP contribution in [-0.2, 0) is 37.1 Å². The van der Waals surface area contributed by atoms with Gasteiger partial charge in [0.25, 0.3) is 0 Å². The molecule has 282 valence electrons. The van der Waals surface area contributed by atoms with Crippen LogP contribution in [0.2, 0.25) is 0 Å². The van der Waals surface area contributed by atoms with Gasteiger partial charge in [0, 0.05) is 0 Å². The van der Waals surface area contributed by atoms with Crippen LogP contribution in [0.5, 0.6) is 17.2 Å². The summed E-state index contributed by atoms with van der Waals surface area (Å²) in [5, 5.41) is 0. The Labute approximate surface area is 279 Å². The molecule has 3 rings (SSSR count). The van der Waals surface area contributed by atoms with E-state index in [-0.39, 0.29) is 54.6 Å². The van der Waals surface area contributed by atoms with Crippen LogP contribution in [0.25, 0.3) is 18.2 Å². The van der Waals surface area contributed by atoms with Gasteiger partial charge in [-0.25, -0.2) is 0 Å². The van der Waals surface area contributed by atoms with Crippen molar-refractivity contribution in [2.75, 3.05) is 0 Å². The zero-order valence-electron chi connectivity index (χ0n) is 24.9. The first-order chi connectivity index (χ1) is 23.4. The van der Waals surface area contributed by atoms with Gasteiger partial charge in [0.05, 0.1) is 33.4 Å². The average molecular weight is 776 g/mol. The maximum atomic E-state index is 13.8. The highest BCUT2D eigenvalue weighted by Crippen LogP contribution is 2.46. The molecule has 0 aliphatic heterocycles. The summed E-state index contributed by atoms with van der Waals surface area (Å²) in [5.74, 6) is -4.96. The van der Waals surface area contributed by atoms with Gasteiger partial charge >= 0.3 is 44.4 Å². The molecule has 0 spiro atoms. The van der Waals surface area contributed by atoms with Crippen LogP contribution >= 0.6 is 0 Å². The Kier molecular flexibility index (Phi) is 11.1. The van der Waals surface area contributed by atoms with Crippen LogP contribution in [0.15, 0.2) is 56.1 Å². The molecule has 0 N–H and O–H groups in total. The standard InChI is InChI=1S/C30H15BF18O3/c1-4-16-19(25(32,33)34)7-13(8-20(16)26(35,36)37)50-31(51-14-9-21(27(38,39)40)17(5-2)22(10-14)28(41,42)43)52-15-11-23(29(44,45)46)18(6-3)24(12-15)30(47,48)49/h4-12H,1-3H2. The summed E-state index contributed by atoms with van der Waals surface area (Å²) in [5.41, 5.74) is -17.8. The lowest BCUT2D eigenvalue weighted by Crippen LogP contribution is -2.37. The Hall–Kier alpha value is -4.92. The van der Waals surface area contributed by atoms with Gasteiger partial charge in [0.2, 0.25) is 0 Å². The van der Waals surface area contributed by atoms with E-state index < -0.39 is 112 Å².